The largest absolute Gasteiger partial charge is 0.392 e. The summed E-state index contributed by atoms with van der Waals surface area (Å²) in [5.41, 5.74) is 4.98. The third-order valence-electron chi connectivity index (χ3n) is 5.30. The van der Waals surface area contributed by atoms with Crippen LogP contribution < -0.4 is 4.90 Å². The van der Waals surface area contributed by atoms with Gasteiger partial charge in [-0.25, -0.2) is 15.0 Å². The maximum Gasteiger partial charge on any atom is 0.150 e. The lowest BCUT2D eigenvalue weighted by Gasteiger charge is -2.26. The summed E-state index contributed by atoms with van der Waals surface area (Å²) in [6, 6.07) is 0. The molecule has 2 atom stereocenters. The summed E-state index contributed by atoms with van der Waals surface area (Å²) in [5, 5.41) is 21.1. The summed E-state index contributed by atoms with van der Waals surface area (Å²) in [4.78, 5) is 17.2. The first kappa shape index (κ1) is 19.5. The van der Waals surface area contributed by atoms with Gasteiger partial charge in [-0.1, -0.05) is 13.8 Å². The maximum atomic E-state index is 9.96. The molecule has 4 rings (SSSR count). The number of anilines is 1. The molecule has 3 aromatic rings. The minimum atomic E-state index is -0.520. The molecule has 0 bridgehead atoms. The number of thiophene rings is 1. The van der Waals surface area contributed by atoms with Gasteiger partial charge in [0.1, 0.15) is 17.0 Å². The van der Waals surface area contributed by atoms with Gasteiger partial charge in [0.25, 0.3) is 0 Å². The average Bonchev–Trinajstić information content (AvgIpc) is 3.22. The topological polar surface area (TPSA) is 82.4 Å². The van der Waals surface area contributed by atoms with Crippen LogP contribution in [0.3, 0.4) is 0 Å². The van der Waals surface area contributed by atoms with Crippen molar-refractivity contribution < 1.29 is 10.2 Å². The van der Waals surface area contributed by atoms with Crippen molar-refractivity contribution in [1.82, 2.24) is 15.0 Å². The fourth-order valence-corrected chi connectivity index (χ4v) is 5.49. The Morgan fingerprint density at radius 1 is 1.04 bits per heavy atom. The quantitative estimate of drug-likeness (QED) is 0.660. The Balaban J connectivity index is 1.95. The molecule has 6 nitrogen and oxygen atoms in total. The SMILES string of the molecule is CC(C)c1nc2sc3c(N(C[C@H](C)O)C[C@@H](C)O)ncnc3c2c2c1CCC2. The zero-order valence-electron chi connectivity index (χ0n) is 16.9. The fourth-order valence-electron chi connectivity index (χ4n) is 4.30. The van der Waals surface area contributed by atoms with Crippen molar-refractivity contribution in [3.8, 4) is 0 Å². The highest BCUT2D eigenvalue weighted by atomic mass is 32.1. The lowest BCUT2D eigenvalue weighted by atomic mass is 9.99. The van der Waals surface area contributed by atoms with Crippen molar-refractivity contribution in [2.24, 2.45) is 0 Å². The van der Waals surface area contributed by atoms with E-state index in [0.29, 0.717) is 19.0 Å². The Hall–Kier alpha value is -1.83. The van der Waals surface area contributed by atoms with Crippen molar-refractivity contribution in [3.63, 3.8) is 0 Å². The lowest BCUT2D eigenvalue weighted by Crippen LogP contribution is -2.37. The lowest BCUT2D eigenvalue weighted by molar-refractivity contribution is 0.178. The molecule has 1 aliphatic carbocycles. The number of aryl methyl sites for hydroxylation is 1. The molecule has 2 N–H and O–H groups in total. The molecule has 7 heteroatoms. The van der Waals surface area contributed by atoms with Gasteiger partial charge in [-0.05, 0) is 50.2 Å². The van der Waals surface area contributed by atoms with Gasteiger partial charge < -0.3 is 15.1 Å². The smallest absolute Gasteiger partial charge is 0.150 e. The standard InChI is InChI=1S/C21H28N4O2S/c1-11(2)17-15-7-5-6-14(15)16-18-19(28-21(16)24-17)20(23-10-22-18)25(8-12(3)26)9-13(4)27/h10-13,26-27H,5-9H2,1-4H3/t12-,13+. The van der Waals surface area contributed by atoms with Crippen molar-refractivity contribution >= 4 is 37.6 Å². The molecule has 1 aliphatic rings. The number of hydrogen-bond donors (Lipinski definition) is 2. The first-order valence-electron chi connectivity index (χ1n) is 10.1. The molecule has 0 saturated heterocycles. The van der Waals surface area contributed by atoms with Crippen LogP contribution in [-0.4, -0.2) is 50.5 Å². The Bertz CT molecular complexity index is 1000. The number of aliphatic hydroxyl groups is 2. The number of nitrogens with zero attached hydrogens (tertiary/aromatic N) is 4. The number of rotatable bonds is 6. The second kappa shape index (κ2) is 7.54. The molecule has 0 radical (unpaired) electrons. The molecule has 3 aromatic heterocycles. The predicted molar refractivity (Wildman–Crippen MR) is 114 cm³/mol. The molecule has 3 heterocycles. The molecule has 150 valence electrons. The van der Waals surface area contributed by atoms with Gasteiger partial charge >= 0.3 is 0 Å². The van der Waals surface area contributed by atoms with Crippen LogP contribution >= 0.6 is 11.3 Å². The number of aromatic nitrogens is 3. The third kappa shape index (κ3) is 3.36. The summed E-state index contributed by atoms with van der Waals surface area (Å²) >= 11 is 1.63. The molecule has 28 heavy (non-hydrogen) atoms. The number of pyridine rings is 1. The van der Waals surface area contributed by atoms with Crippen LogP contribution in [0.25, 0.3) is 20.4 Å². The number of fused-ring (bicyclic) bond motifs is 5. The van der Waals surface area contributed by atoms with Crippen LogP contribution in [0.15, 0.2) is 6.33 Å². The Labute approximate surface area is 169 Å². The molecular weight excluding hydrogens is 372 g/mol. The van der Waals surface area contributed by atoms with Crippen LogP contribution in [0.4, 0.5) is 5.82 Å². The molecule has 0 fully saturated rings. The minimum absolute atomic E-state index is 0.397. The van der Waals surface area contributed by atoms with Crippen LogP contribution in [0.5, 0.6) is 0 Å². The van der Waals surface area contributed by atoms with Gasteiger partial charge in [-0.2, -0.15) is 0 Å². The van der Waals surface area contributed by atoms with E-state index in [9.17, 15) is 10.2 Å². The third-order valence-corrected chi connectivity index (χ3v) is 6.37. The van der Waals surface area contributed by atoms with Gasteiger partial charge in [0.2, 0.25) is 0 Å². The summed E-state index contributed by atoms with van der Waals surface area (Å²) in [5.74, 6) is 1.17. The predicted octanol–water partition coefficient (Wildman–Crippen LogP) is 3.42. The Morgan fingerprint density at radius 3 is 2.36 bits per heavy atom. The number of hydrogen-bond acceptors (Lipinski definition) is 7. The van der Waals surface area contributed by atoms with Gasteiger partial charge in [0.05, 0.1) is 22.4 Å². The van der Waals surface area contributed by atoms with Crippen molar-refractivity contribution in [1.29, 1.82) is 0 Å². The monoisotopic (exact) mass is 400 g/mol. The van der Waals surface area contributed by atoms with E-state index >= 15 is 0 Å². The van der Waals surface area contributed by atoms with Crippen LogP contribution in [0.2, 0.25) is 0 Å². The second-order valence-corrected chi connectivity index (χ2v) is 9.22. The van der Waals surface area contributed by atoms with E-state index in [0.717, 1.165) is 33.7 Å². The van der Waals surface area contributed by atoms with Crippen LogP contribution in [0, 0.1) is 0 Å². The average molecular weight is 401 g/mol. The van der Waals surface area contributed by atoms with E-state index in [-0.39, 0.29) is 0 Å². The zero-order chi connectivity index (χ0) is 20.0. The molecule has 0 amide bonds. The molecule has 0 saturated carbocycles. The van der Waals surface area contributed by atoms with Crippen molar-refractivity contribution in [2.45, 2.75) is 65.1 Å². The first-order chi connectivity index (χ1) is 13.4. The Morgan fingerprint density at radius 2 is 1.71 bits per heavy atom. The van der Waals surface area contributed by atoms with E-state index in [1.165, 1.54) is 28.6 Å². The summed E-state index contributed by atoms with van der Waals surface area (Å²) in [6.07, 6.45) is 3.89. The van der Waals surface area contributed by atoms with Gasteiger partial charge in [0, 0.05) is 24.2 Å². The molecular formula is C21H28N4O2S. The summed E-state index contributed by atoms with van der Waals surface area (Å²) < 4.78 is 0.987. The number of aliphatic hydroxyl groups excluding tert-OH is 2. The highest BCUT2D eigenvalue weighted by Crippen LogP contribution is 2.43. The van der Waals surface area contributed by atoms with Gasteiger partial charge in [0.15, 0.2) is 0 Å². The van der Waals surface area contributed by atoms with E-state index in [2.05, 4.69) is 23.8 Å². The van der Waals surface area contributed by atoms with Crippen LogP contribution in [-0.2, 0) is 12.8 Å². The molecule has 0 aromatic carbocycles. The molecule has 0 unspecified atom stereocenters. The van der Waals surface area contributed by atoms with Crippen molar-refractivity contribution in [3.05, 3.63) is 23.1 Å². The van der Waals surface area contributed by atoms with E-state index in [4.69, 9.17) is 4.98 Å². The van der Waals surface area contributed by atoms with E-state index < -0.39 is 12.2 Å². The molecule has 0 spiro atoms. The van der Waals surface area contributed by atoms with Crippen molar-refractivity contribution in [2.75, 3.05) is 18.0 Å². The summed E-state index contributed by atoms with van der Waals surface area (Å²) in [7, 11) is 0. The minimum Gasteiger partial charge on any atom is -0.392 e. The maximum absolute atomic E-state index is 9.96. The summed E-state index contributed by atoms with van der Waals surface area (Å²) in [6.45, 7) is 8.74. The highest BCUT2D eigenvalue weighted by molar-refractivity contribution is 7.26. The van der Waals surface area contributed by atoms with Crippen LogP contribution in [0.1, 0.15) is 56.9 Å². The van der Waals surface area contributed by atoms with Gasteiger partial charge in [-0.3, -0.25) is 0 Å². The Kier molecular flexibility index (Phi) is 5.24. The molecule has 0 aliphatic heterocycles. The first-order valence-corrected chi connectivity index (χ1v) is 10.9. The van der Waals surface area contributed by atoms with E-state index in [1.54, 1.807) is 31.5 Å². The fraction of sp³-hybridized carbons (Fsp3) is 0.571. The second-order valence-electron chi connectivity index (χ2n) is 8.22. The zero-order valence-corrected chi connectivity index (χ0v) is 17.8. The van der Waals surface area contributed by atoms with E-state index in [1.807, 2.05) is 4.90 Å². The van der Waals surface area contributed by atoms with Gasteiger partial charge in [-0.15, -0.1) is 11.3 Å². The highest BCUT2D eigenvalue weighted by Gasteiger charge is 2.26. The normalized spacial score (nSPS) is 16.1.